The average Bonchev–Trinajstić information content (AvgIpc) is 3.27. The SMILES string of the molecule is Cc1ccc2nc(-c3ccc(NC(=O)C4(c5ccc6c(c5)OCO6)CC4)cc3)sc2c1. The molecule has 2 aliphatic rings. The van der Waals surface area contributed by atoms with Crippen LogP contribution in [0.1, 0.15) is 24.0 Å². The standard InChI is InChI=1S/C25H20N2O3S/c1-15-2-8-19-22(12-15)31-23(27-19)16-3-6-18(7-4-16)26-24(28)25(10-11-25)17-5-9-20-21(13-17)30-14-29-20/h2-9,12-13H,10-11,14H2,1H3,(H,26,28). The van der Waals surface area contributed by atoms with Crippen LogP contribution in [0.3, 0.4) is 0 Å². The molecule has 2 heterocycles. The second kappa shape index (κ2) is 6.82. The van der Waals surface area contributed by atoms with Gasteiger partial charge in [0.1, 0.15) is 5.01 Å². The summed E-state index contributed by atoms with van der Waals surface area (Å²) in [5, 5.41) is 4.08. The molecule has 1 N–H and O–H groups in total. The highest BCUT2D eigenvalue weighted by Crippen LogP contribution is 2.51. The Morgan fingerprint density at radius 2 is 1.81 bits per heavy atom. The number of aromatic nitrogens is 1. The molecule has 1 aliphatic heterocycles. The molecule has 5 nitrogen and oxygen atoms in total. The minimum Gasteiger partial charge on any atom is -0.454 e. The van der Waals surface area contributed by atoms with Crippen molar-refractivity contribution >= 4 is 33.1 Å². The Morgan fingerprint density at radius 3 is 2.61 bits per heavy atom. The van der Waals surface area contributed by atoms with E-state index >= 15 is 0 Å². The molecule has 6 heteroatoms. The number of nitrogens with zero attached hydrogens (tertiary/aromatic N) is 1. The summed E-state index contributed by atoms with van der Waals surface area (Å²) in [7, 11) is 0. The fourth-order valence-electron chi connectivity index (χ4n) is 4.07. The van der Waals surface area contributed by atoms with Crippen LogP contribution in [-0.2, 0) is 10.2 Å². The van der Waals surface area contributed by atoms with Gasteiger partial charge in [-0.1, -0.05) is 12.1 Å². The Morgan fingerprint density at radius 1 is 1.00 bits per heavy atom. The van der Waals surface area contributed by atoms with E-state index in [0.29, 0.717) is 5.75 Å². The summed E-state index contributed by atoms with van der Waals surface area (Å²) in [4.78, 5) is 17.8. The number of hydrogen-bond donors (Lipinski definition) is 1. The van der Waals surface area contributed by atoms with Gasteiger partial charge >= 0.3 is 0 Å². The maximum atomic E-state index is 13.1. The number of aryl methyl sites for hydroxylation is 1. The number of benzene rings is 3. The lowest BCUT2D eigenvalue weighted by Gasteiger charge is -2.16. The predicted molar refractivity (Wildman–Crippen MR) is 122 cm³/mol. The quantitative estimate of drug-likeness (QED) is 0.455. The second-order valence-corrected chi connectivity index (χ2v) is 9.20. The molecule has 154 valence electrons. The van der Waals surface area contributed by atoms with Crippen molar-refractivity contribution in [3.8, 4) is 22.1 Å². The van der Waals surface area contributed by atoms with Gasteiger partial charge < -0.3 is 14.8 Å². The number of nitrogens with one attached hydrogen (secondary N) is 1. The van der Waals surface area contributed by atoms with E-state index in [2.05, 4.69) is 30.4 Å². The van der Waals surface area contributed by atoms with Gasteiger partial charge in [0.2, 0.25) is 12.7 Å². The smallest absolute Gasteiger partial charge is 0.235 e. The van der Waals surface area contributed by atoms with Crippen LogP contribution < -0.4 is 14.8 Å². The Hall–Kier alpha value is -3.38. The van der Waals surface area contributed by atoms with Gasteiger partial charge in [-0.2, -0.15) is 0 Å². The lowest BCUT2D eigenvalue weighted by molar-refractivity contribution is -0.118. The molecule has 1 amide bonds. The van der Waals surface area contributed by atoms with Gasteiger partial charge in [0, 0.05) is 11.3 Å². The largest absolute Gasteiger partial charge is 0.454 e. The highest BCUT2D eigenvalue weighted by molar-refractivity contribution is 7.21. The zero-order chi connectivity index (χ0) is 21.0. The second-order valence-electron chi connectivity index (χ2n) is 8.17. The molecule has 1 fully saturated rings. The molecule has 0 spiro atoms. The molecule has 1 aliphatic carbocycles. The van der Waals surface area contributed by atoms with Crippen LogP contribution in [0.25, 0.3) is 20.8 Å². The van der Waals surface area contributed by atoms with Gasteiger partial charge in [-0.05, 0) is 79.4 Å². The van der Waals surface area contributed by atoms with Crippen LogP contribution in [0.5, 0.6) is 11.5 Å². The van der Waals surface area contributed by atoms with Gasteiger partial charge in [-0.25, -0.2) is 4.98 Å². The lowest BCUT2D eigenvalue weighted by Crippen LogP contribution is -2.27. The van der Waals surface area contributed by atoms with Crippen LogP contribution in [0.15, 0.2) is 60.7 Å². The Bertz CT molecular complexity index is 1320. The molecule has 0 radical (unpaired) electrons. The van der Waals surface area contributed by atoms with E-state index in [4.69, 9.17) is 14.5 Å². The molecule has 3 aromatic carbocycles. The summed E-state index contributed by atoms with van der Waals surface area (Å²) in [5.74, 6) is 1.47. The van der Waals surface area contributed by atoms with Crippen molar-refractivity contribution in [1.82, 2.24) is 4.98 Å². The fraction of sp³-hybridized carbons (Fsp3) is 0.200. The molecule has 1 aromatic heterocycles. The molecular weight excluding hydrogens is 408 g/mol. The van der Waals surface area contributed by atoms with Crippen LogP contribution in [0, 0.1) is 6.92 Å². The van der Waals surface area contributed by atoms with E-state index in [0.717, 1.165) is 45.9 Å². The number of anilines is 1. The normalized spacial score (nSPS) is 15.8. The summed E-state index contributed by atoms with van der Waals surface area (Å²) in [6.07, 6.45) is 1.67. The van der Waals surface area contributed by atoms with Gasteiger partial charge in [-0.15, -0.1) is 11.3 Å². The summed E-state index contributed by atoms with van der Waals surface area (Å²) in [6, 6.07) is 20.0. The van der Waals surface area contributed by atoms with Crippen LogP contribution >= 0.6 is 11.3 Å². The molecule has 4 aromatic rings. The van der Waals surface area contributed by atoms with E-state index in [1.807, 2.05) is 42.5 Å². The Kier molecular flexibility index (Phi) is 4.05. The number of carbonyl (C=O) groups excluding carboxylic acids is 1. The van der Waals surface area contributed by atoms with Crippen molar-refractivity contribution in [3.63, 3.8) is 0 Å². The van der Waals surface area contributed by atoms with Crippen molar-refractivity contribution in [2.24, 2.45) is 0 Å². The van der Waals surface area contributed by atoms with Crippen LogP contribution in [-0.4, -0.2) is 17.7 Å². The first-order chi connectivity index (χ1) is 15.1. The maximum Gasteiger partial charge on any atom is 0.235 e. The molecular formula is C25H20N2O3S. The summed E-state index contributed by atoms with van der Waals surface area (Å²) >= 11 is 1.68. The molecule has 0 saturated heterocycles. The monoisotopic (exact) mass is 428 g/mol. The Balaban J connectivity index is 1.21. The van der Waals surface area contributed by atoms with Gasteiger partial charge in [0.05, 0.1) is 15.6 Å². The van der Waals surface area contributed by atoms with Gasteiger partial charge in [0.15, 0.2) is 11.5 Å². The number of amides is 1. The van der Waals surface area contributed by atoms with Crippen molar-refractivity contribution in [2.45, 2.75) is 25.2 Å². The summed E-state index contributed by atoms with van der Waals surface area (Å²) in [6.45, 7) is 2.32. The first kappa shape index (κ1) is 18.4. The van der Waals surface area contributed by atoms with E-state index in [1.54, 1.807) is 11.3 Å². The van der Waals surface area contributed by atoms with E-state index in [1.165, 1.54) is 10.3 Å². The van der Waals surface area contributed by atoms with Crippen LogP contribution in [0.2, 0.25) is 0 Å². The first-order valence-corrected chi connectivity index (χ1v) is 11.1. The van der Waals surface area contributed by atoms with Crippen molar-refractivity contribution < 1.29 is 14.3 Å². The zero-order valence-electron chi connectivity index (χ0n) is 17.0. The van der Waals surface area contributed by atoms with Gasteiger partial charge in [-0.3, -0.25) is 4.79 Å². The molecule has 0 atom stereocenters. The predicted octanol–water partition coefficient (Wildman–Crippen LogP) is 5.67. The summed E-state index contributed by atoms with van der Waals surface area (Å²) in [5.41, 5.74) is 4.59. The lowest BCUT2D eigenvalue weighted by atomic mass is 9.94. The highest BCUT2D eigenvalue weighted by atomic mass is 32.1. The van der Waals surface area contributed by atoms with E-state index in [9.17, 15) is 4.79 Å². The molecule has 0 bridgehead atoms. The molecule has 31 heavy (non-hydrogen) atoms. The average molecular weight is 429 g/mol. The number of hydrogen-bond acceptors (Lipinski definition) is 5. The minimum atomic E-state index is -0.482. The maximum absolute atomic E-state index is 13.1. The van der Waals surface area contributed by atoms with E-state index in [-0.39, 0.29) is 12.7 Å². The van der Waals surface area contributed by atoms with E-state index < -0.39 is 5.41 Å². The number of fused-ring (bicyclic) bond motifs is 2. The number of rotatable bonds is 4. The minimum absolute atomic E-state index is 0.0228. The zero-order valence-corrected chi connectivity index (χ0v) is 17.8. The third kappa shape index (κ3) is 3.15. The van der Waals surface area contributed by atoms with Crippen LogP contribution in [0.4, 0.5) is 5.69 Å². The molecule has 1 saturated carbocycles. The number of thiazole rings is 1. The topological polar surface area (TPSA) is 60.5 Å². The summed E-state index contributed by atoms with van der Waals surface area (Å²) < 4.78 is 12.1. The Labute approximate surface area is 183 Å². The van der Waals surface area contributed by atoms with Crippen molar-refractivity contribution in [1.29, 1.82) is 0 Å². The highest BCUT2D eigenvalue weighted by Gasteiger charge is 2.51. The number of carbonyl (C=O) groups is 1. The molecule has 6 rings (SSSR count). The molecule has 0 unspecified atom stereocenters. The number of ether oxygens (including phenoxy) is 2. The third-order valence-electron chi connectivity index (χ3n) is 6.04. The first-order valence-electron chi connectivity index (χ1n) is 10.3. The third-order valence-corrected chi connectivity index (χ3v) is 7.11. The van der Waals surface area contributed by atoms with Gasteiger partial charge in [0.25, 0.3) is 0 Å². The fourth-order valence-corrected chi connectivity index (χ4v) is 5.14. The van der Waals surface area contributed by atoms with Crippen molar-refractivity contribution in [2.75, 3.05) is 12.1 Å². The van der Waals surface area contributed by atoms with Crippen molar-refractivity contribution in [3.05, 3.63) is 71.8 Å².